The molecule has 2 amide bonds. The lowest BCUT2D eigenvalue weighted by Gasteiger charge is -2.20. The summed E-state index contributed by atoms with van der Waals surface area (Å²) in [6.45, 7) is 2.45. The lowest BCUT2D eigenvalue weighted by Crippen LogP contribution is -2.34. The molecule has 0 fully saturated rings. The van der Waals surface area contributed by atoms with Crippen molar-refractivity contribution in [2.45, 2.75) is 13.0 Å². The number of hydrogen-bond donors (Lipinski definition) is 3. The second-order valence-electron chi connectivity index (χ2n) is 7.02. The van der Waals surface area contributed by atoms with Crippen molar-refractivity contribution in [2.75, 3.05) is 26.7 Å². The minimum Gasteiger partial charge on any atom is -0.351 e. The van der Waals surface area contributed by atoms with Gasteiger partial charge in [-0.05, 0) is 31.3 Å². The predicted molar refractivity (Wildman–Crippen MR) is 113 cm³/mol. The standard InChI is InChI=1S/C21H21N5O2S/c1-3-13-4-5-15-14(10-13)11-17(24-15)19(27)22-7-8-23-20(28)21-25-16-6-9-26(2)12-18(16)29-21/h1,4-5,10-11,24H,6-9,12H2,2H3,(H,22,27)(H,23,28). The molecule has 4 rings (SSSR count). The maximum Gasteiger partial charge on any atom is 0.280 e. The fraction of sp³-hybridized carbons (Fsp3) is 0.286. The van der Waals surface area contributed by atoms with Gasteiger partial charge in [-0.3, -0.25) is 9.59 Å². The average Bonchev–Trinajstić information content (AvgIpc) is 3.33. The zero-order chi connectivity index (χ0) is 20.4. The molecule has 7 nitrogen and oxygen atoms in total. The summed E-state index contributed by atoms with van der Waals surface area (Å²) in [6.07, 6.45) is 6.28. The number of terminal acetylenes is 1. The zero-order valence-corrected chi connectivity index (χ0v) is 16.9. The maximum atomic E-state index is 12.3. The quantitative estimate of drug-likeness (QED) is 0.444. The maximum absolute atomic E-state index is 12.3. The number of aromatic nitrogens is 2. The molecule has 0 spiro atoms. The molecule has 3 heterocycles. The van der Waals surface area contributed by atoms with Gasteiger partial charge < -0.3 is 20.5 Å². The normalized spacial score (nSPS) is 13.7. The Labute approximate surface area is 172 Å². The van der Waals surface area contributed by atoms with E-state index >= 15 is 0 Å². The molecule has 3 aromatic rings. The van der Waals surface area contributed by atoms with Gasteiger partial charge in [0.15, 0.2) is 5.01 Å². The van der Waals surface area contributed by atoms with Crippen LogP contribution in [-0.2, 0) is 13.0 Å². The third-order valence-electron chi connectivity index (χ3n) is 4.84. The average molecular weight is 407 g/mol. The van der Waals surface area contributed by atoms with Crippen molar-refractivity contribution in [1.82, 2.24) is 25.5 Å². The molecule has 0 bridgehead atoms. The van der Waals surface area contributed by atoms with E-state index in [0.717, 1.165) is 46.5 Å². The first kappa shape index (κ1) is 19.2. The van der Waals surface area contributed by atoms with Gasteiger partial charge in [0.25, 0.3) is 11.8 Å². The highest BCUT2D eigenvalue weighted by Gasteiger charge is 2.21. The lowest BCUT2D eigenvalue weighted by molar-refractivity contribution is 0.0925. The summed E-state index contributed by atoms with van der Waals surface area (Å²) >= 11 is 1.44. The van der Waals surface area contributed by atoms with Gasteiger partial charge in [0.05, 0.1) is 5.69 Å². The molecule has 1 aliphatic rings. The second-order valence-corrected chi connectivity index (χ2v) is 8.10. The van der Waals surface area contributed by atoms with Crippen LogP contribution in [-0.4, -0.2) is 53.4 Å². The number of likely N-dealkylation sites (N-methyl/N-ethyl adjacent to an activating group) is 1. The second kappa shape index (κ2) is 8.07. The topological polar surface area (TPSA) is 90.1 Å². The molecule has 148 valence electrons. The molecule has 3 N–H and O–H groups in total. The summed E-state index contributed by atoms with van der Waals surface area (Å²) in [4.78, 5) is 35.6. The molecule has 0 aliphatic carbocycles. The van der Waals surface area contributed by atoms with E-state index in [9.17, 15) is 9.59 Å². The van der Waals surface area contributed by atoms with Gasteiger partial charge >= 0.3 is 0 Å². The number of hydrogen-bond acceptors (Lipinski definition) is 5. The number of nitrogens with zero attached hydrogens (tertiary/aromatic N) is 2. The Bertz CT molecular complexity index is 1120. The summed E-state index contributed by atoms with van der Waals surface area (Å²) in [7, 11) is 2.06. The van der Waals surface area contributed by atoms with Crippen LogP contribution in [0.3, 0.4) is 0 Å². The molecule has 8 heteroatoms. The highest BCUT2D eigenvalue weighted by atomic mass is 32.1. The number of carbonyl (C=O) groups excluding carboxylic acids is 2. The summed E-state index contributed by atoms with van der Waals surface area (Å²) in [5.74, 6) is 2.15. The summed E-state index contributed by atoms with van der Waals surface area (Å²) in [5.41, 5.74) is 3.10. The van der Waals surface area contributed by atoms with Crippen LogP contribution in [0.5, 0.6) is 0 Å². The highest BCUT2D eigenvalue weighted by Crippen LogP contribution is 2.24. The molecule has 1 aromatic carbocycles. The van der Waals surface area contributed by atoms with E-state index < -0.39 is 0 Å². The van der Waals surface area contributed by atoms with E-state index in [-0.39, 0.29) is 11.8 Å². The third kappa shape index (κ3) is 4.16. The molecule has 29 heavy (non-hydrogen) atoms. The van der Waals surface area contributed by atoms with Crippen molar-refractivity contribution in [3.8, 4) is 12.3 Å². The van der Waals surface area contributed by atoms with Crippen LogP contribution >= 0.6 is 11.3 Å². The molecule has 0 saturated carbocycles. The Morgan fingerprint density at radius 3 is 2.86 bits per heavy atom. The minimum atomic E-state index is -0.231. The Morgan fingerprint density at radius 1 is 1.28 bits per heavy atom. The van der Waals surface area contributed by atoms with Crippen molar-refractivity contribution in [1.29, 1.82) is 0 Å². The number of thiazole rings is 1. The number of nitrogens with one attached hydrogen (secondary N) is 3. The van der Waals surface area contributed by atoms with Crippen molar-refractivity contribution >= 4 is 34.1 Å². The van der Waals surface area contributed by atoms with E-state index in [2.05, 4.69) is 38.5 Å². The number of aromatic amines is 1. The molecular formula is C21H21N5O2S. The van der Waals surface area contributed by atoms with Gasteiger partial charge in [0.2, 0.25) is 0 Å². The smallest absolute Gasteiger partial charge is 0.280 e. The van der Waals surface area contributed by atoms with E-state index in [0.29, 0.717) is 23.8 Å². The number of benzene rings is 1. The van der Waals surface area contributed by atoms with Crippen molar-refractivity contribution in [3.63, 3.8) is 0 Å². The van der Waals surface area contributed by atoms with Crippen LogP contribution in [0, 0.1) is 12.3 Å². The van der Waals surface area contributed by atoms with Crippen LogP contribution in [0.2, 0.25) is 0 Å². The number of H-pyrrole nitrogens is 1. The van der Waals surface area contributed by atoms with Crippen LogP contribution in [0.25, 0.3) is 10.9 Å². The van der Waals surface area contributed by atoms with E-state index in [1.165, 1.54) is 11.3 Å². The van der Waals surface area contributed by atoms with Crippen molar-refractivity contribution < 1.29 is 9.59 Å². The molecule has 0 saturated heterocycles. The number of amides is 2. The predicted octanol–water partition coefficient (Wildman–Crippen LogP) is 1.75. The Kier molecular flexibility index (Phi) is 5.34. The molecule has 0 radical (unpaired) electrons. The van der Waals surface area contributed by atoms with Gasteiger partial charge in [-0.1, -0.05) is 5.92 Å². The first-order valence-electron chi connectivity index (χ1n) is 9.36. The van der Waals surface area contributed by atoms with Gasteiger partial charge in [-0.25, -0.2) is 4.98 Å². The lowest BCUT2D eigenvalue weighted by atomic mass is 10.1. The first-order chi connectivity index (χ1) is 14.0. The molecule has 0 unspecified atom stereocenters. The summed E-state index contributed by atoms with van der Waals surface area (Å²) in [6, 6.07) is 7.30. The highest BCUT2D eigenvalue weighted by molar-refractivity contribution is 7.13. The SMILES string of the molecule is C#Cc1ccc2[nH]c(C(=O)NCCNC(=O)c3nc4c(s3)CN(C)CC4)cc2c1. The van der Waals surface area contributed by atoms with Crippen LogP contribution in [0.1, 0.15) is 36.4 Å². The Balaban J connectivity index is 1.28. The van der Waals surface area contributed by atoms with Gasteiger partial charge in [0, 0.05) is 53.9 Å². The van der Waals surface area contributed by atoms with Crippen LogP contribution in [0.4, 0.5) is 0 Å². The van der Waals surface area contributed by atoms with Crippen molar-refractivity contribution in [2.24, 2.45) is 0 Å². The Morgan fingerprint density at radius 2 is 2.07 bits per heavy atom. The van der Waals surface area contributed by atoms with E-state index in [1.807, 2.05) is 18.2 Å². The zero-order valence-electron chi connectivity index (χ0n) is 16.0. The minimum absolute atomic E-state index is 0.200. The fourth-order valence-electron chi connectivity index (χ4n) is 3.29. The summed E-state index contributed by atoms with van der Waals surface area (Å²) in [5, 5.41) is 6.99. The van der Waals surface area contributed by atoms with Crippen LogP contribution in [0.15, 0.2) is 24.3 Å². The molecule has 1 aliphatic heterocycles. The fourth-order valence-corrected chi connectivity index (χ4v) is 4.39. The third-order valence-corrected chi connectivity index (χ3v) is 5.93. The van der Waals surface area contributed by atoms with E-state index in [4.69, 9.17) is 6.42 Å². The first-order valence-corrected chi connectivity index (χ1v) is 10.2. The Hall–Kier alpha value is -3.15. The van der Waals surface area contributed by atoms with Gasteiger partial charge in [-0.2, -0.15) is 0 Å². The molecular weight excluding hydrogens is 386 g/mol. The molecule has 2 aromatic heterocycles. The molecule has 0 atom stereocenters. The number of carbonyl (C=O) groups is 2. The van der Waals surface area contributed by atoms with E-state index in [1.54, 1.807) is 6.07 Å². The largest absolute Gasteiger partial charge is 0.351 e. The van der Waals surface area contributed by atoms with Crippen LogP contribution < -0.4 is 10.6 Å². The monoisotopic (exact) mass is 407 g/mol. The van der Waals surface area contributed by atoms with Gasteiger partial charge in [-0.15, -0.1) is 17.8 Å². The van der Waals surface area contributed by atoms with Crippen molar-refractivity contribution in [3.05, 3.63) is 51.1 Å². The number of rotatable bonds is 5. The van der Waals surface area contributed by atoms with Gasteiger partial charge in [0.1, 0.15) is 5.69 Å². The summed E-state index contributed by atoms with van der Waals surface area (Å²) < 4.78 is 0. The number of fused-ring (bicyclic) bond motifs is 2.